The molecule has 0 aliphatic carbocycles. The maximum atomic E-state index is 12.9. The summed E-state index contributed by atoms with van der Waals surface area (Å²) in [5.74, 6) is 0.544. The third kappa shape index (κ3) is 5.44. The highest BCUT2D eigenvalue weighted by Gasteiger charge is 2.23. The molecule has 2 N–H and O–H groups in total. The van der Waals surface area contributed by atoms with Gasteiger partial charge in [-0.1, -0.05) is 24.3 Å². The molecule has 2 unspecified atom stereocenters. The van der Waals surface area contributed by atoms with E-state index in [1.807, 2.05) is 31.2 Å². The highest BCUT2D eigenvalue weighted by molar-refractivity contribution is 5.85. The number of carbonyl (C=O) groups is 1. The van der Waals surface area contributed by atoms with Gasteiger partial charge < -0.3 is 15.4 Å². The lowest BCUT2D eigenvalue weighted by molar-refractivity contribution is -0.123. The van der Waals surface area contributed by atoms with Gasteiger partial charge in [0.25, 0.3) is 0 Å². The predicted octanol–water partition coefficient (Wildman–Crippen LogP) is 3.76. The molecule has 1 amide bonds. The number of amides is 1. The van der Waals surface area contributed by atoms with Gasteiger partial charge in [-0.2, -0.15) is 0 Å². The first kappa shape index (κ1) is 20.2. The Balaban J connectivity index is 0.00000243. The summed E-state index contributed by atoms with van der Waals surface area (Å²) in [6, 6.07) is 13.8. The minimum atomic E-state index is -0.253. The summed E-state index contributed by atoms with van der Waals surface area (Å²) in [5.41, 5.74) is 1.94. The van der Waals surface area contributed by atoms with Gasteiger partial charge in [0.15, 0.2) is 0 Å². The monoisotopic (exact) mass is 378 g/mol. The van der Waals surface area contributed by atoms with Gasteiger partial charge in [-0.05, 0) is 61.7 Å². The fraction of sp³-hybridized carbons (Fsp3) is 0.350. The van der Waals surface area contributed by atoms with Gasteiger partial charge in [0.05, 0.1) is 12.1 Å². The van der Waals surface area contributed by atoms with Gasteiger partial charge in [-0.15, -0.1) is 12.4 Å². The second-order valence-corrected chi connectivity index (χ2v) is 6.36. The summed E-state index contributed by atoms with van der Waals surface area (Å²) >= 11 is 0. The third-order valence-electron chi connectivity index (χ3n) is 4.43. The highest BCUT2D eigenvalue weighted by Crippen LogP contribution is 2.19. The Hall–Kier alpha value is -2.11. The van der Waals surface area contributed by atoms with E-state index in [0.29, 0.717) is 6.61 Å². The zero-order valence-electron chi connectivity index (χ0n) is 14.7. The van der Waals surface area contributed by atoms with Crippen molar-refractivity contribution in [2.45, 2.75) is 38.5 Å². The molecule has 0 aromatic heterocycles. The lowest BCUT2D eigenvalue weighted by atomic mass is 10.1. The number of rotatable bonds is 6. The zero-order valence-corrected chi connectivity index (χ0v) is 15.5. The molecule has 0 radical (unpaired) electrons. The molecule has 1 fully saturated rings. The smallest absolute Gasteiger partial charge is 0.237 e. The molecular weight excluding hydrogens is 355 g/mol. The first-order valence-corrected chi connectivity index (χ1v) is 8.63. The quantitative estimate of drug-likeness (QED) is 0.804. The van der Waals surface area contributed by atoms with Crippen molar-refractivity contribution in [1.82, 2.24) is 10.6 Å². The van der Waals surface area contributed by atoms with Gasteiger partial charge >= 0.3 is 0 Å². The number of ether oxygens (including phenoxy) is 1. The Morgan fingerprint density at radius 3 is 2.54 bits per heavy atom. The van der Waals surface area contributed by atoms with Crippen LogP contribution in [0.2, 0.25) is 0 Å². The van der Waals surface area contributed by atoms with Crippen molar-refractivity contribution in [1.29, 1.82) is 0 Å². The molecule has 2 atom stereocenters. The second-order valence-electron chi connectivity index (χ2n) is 6.36. The standard InChI is InChI=1S/C20H23FN2O2.ClH/c1-14(23-20(24)19-3-2-12-22-19)16-6-10-18(11-7-16)25-13-15-4-8-17(21)9-5-15;/h4-11,14,19,22H,2-3,12-13H2,1H3,(H,23,24);1H. The molecule has 1 aliphatic rings. The summed E-state index contributed by atoms with van der Waals surface area (Å²) in [6.45, 7) is 3.27. The first-order valence-electron chi connectivity index (χ1n) is 8.63. The largest absolute Gasteiger partial charge is 0.489 e. The molecule has 0 saturated carbocycles. The molecule has 140 valence electrons. The van der Waals surface area contributed by atoms with Crippen LogP contribution in [0, 0.1) is 5.82 Å². The van der Waals surface area contributed by atoms with E-state index in [1.54, 1.807) is 12.1 Å². The van der Waals surface area contributed by atoms with E-state index in [4.69, 9.17) is 4.74 Å². The van der Waals surface area contributed by atoms with Crippen molar-refractivity contribution < 1.29 is 13.9 Å². The van der Waals surface area contributed by atoms with Crippen molar-refractivity contribution in [3.8, 4) is 5.75 Å². The molecule has 1 heterocycles. The number of halogens is 2. The van der Waals surface area contributed by atoms with Crippen LogP contribution in [-0.2, 0) is 11.4 Å². The molecule has 3 rings (SSSR count). The molecule has 4 nitrogen and oxygen atoms in total. The third-order valence-corrected chi connectivity index (χ3v) is 4.43. The maximum Gasteiger partial charge on any atom is 0.237 e. The van der Waals surface area contributed by atoms with Gasteiger partial charge in [0.2, 0.25) is 5.91 Å². The lowest BCUT2D eigenvalue weighted by Gasteiger charge is -2.18. The van der Waals surface area contributed by atoms with Gasteiger partial charge in [0, 0.05) is 0 Å². The average Bonchev–Trinajstić information content (AvgIpc) is 3.16. The van der Waals surface area contributed by atoms with Crippen LogP contribution >= 0.6 is 12.4 Å². The van der Waals surface area contributed by atoms with Crippen LogP contribution in [0.25, 0.3) is 0 Å². The van der Waals surface area contributed by atoms with Crippen molar-refractivity contribution in [3.05, 3.63) is 65.5 Å². The normalized spacial score (nSPS) is 17.2. The van der Waals surface area contributed by atoms with E-state index < -0.39 is 0 Å². The number of nitrogens with one attached hydrogen (secondary N) is 2. The minimum absolute atomic E-state index is 0. The fourth-order valence-electron chi connectivity index (χ4n) is 2.91. The predicted molar refractivity (Wildman–Crippen MR) is 102 cm³/mol. The SMILES string of the molecule is CC(NC(=O)C1CCCN1)c1ccc(OCc2ccc(F)cc2)cc1.Cl. The van der Waals surface area contributed by atoms with Crippen molar-refractivity contribution in [2.24, 2.45) is 0 Å². The molecule has 0 bridgehead atoms. The Kier molecular flexibility index (Phi) is 7.42. The molecule has 2 aromatic carbocycles. The van der Waals surface area contributed by atoms with E-state index in [-0.39, 0.29) is 36.2 Å². The van der Waals surface area contributed by atoms with Crippen LogP contribution in [0.4, 0.5) is 4.39 Å². The molecule has 6 heteroatoms. The van der Waals surface area contributed by atoms with Gasteiger partial charge in [-0.25, -0.2) is 4.39 Å². The minimum Gasteiger partial charge on any atom is -0.489 e. The zero-order chi connectivity index (χ0) is 17.6. The van der Waals surface area contributed by atoms with E-state index in [2.05, 4.69) is 10.6 Å². The van der Waals surface area contributed by atoms with E-state index >= 15 is 0 Å². The Labute approximate surface area is 159 Å². The Morgan fingerprint density at radius 2 is 1.92 bits per heavy atom. The van der Waals surface area contributed by atoms with E-state index in [1.165, 1.54) is 12.1 Å². The molecular formula is C20H24ClFN2O2. The lowest BCUT2D eigenvalue weighted by Crippen LogP contribution is -2.41. The van der Waals surface area contributed by atoms with Crippen molar-refractivity contribution in [3.63, 3.8) is 0 Å². The number of carbonyl (C=O) groups excluding carboxylic acids is 1. The summed E-state index contributed by atoms with van der Waals surface area (Å²) in [5, 5.41) is 6.25. The molecule has 0 spiro atoms. The molecule has 26 heavy (non-hydrogen) atoms. The molecule has 1 saturated heterocycles. The first-order chi connectivity index (χ1) is 12.1. The Morgan fingerprint density at radius 1 is 1.23 bits per heavy atom. The average molecular weight is 379 g/mol. The molecule has 1 aliphatic heterocycles. The van der Waals surface area contributed by atoms with Crippen molar-refractivity contribution >= 4 is 18.3 Å². The van der Waals surface area contributed by atoms with Crippen LogP contribution in [0.3, 0.4) is 0 Å². The van der Waals surface area contributed by atoms with Crippen molar-refractivity contribution in [2.75, 3.05) is 6.54 Å². The fourth-order valence-corrected chi connectivity index (χ4v) is 2.91. The topological polar surface area (TPSA) is 50.4 Å². The van der Waals surface area contributed by atoms with Gasteiger partial charge in [0.1, 0.15) is 18.2 Å². The van der Waals surface area contributed by atoms with Crippen LogP contribution in [0.1, 0.15) is 36.9 Å². The van der Waals surface area contributed by atoms with Crippen LogP contribution < -0.4 is 15.4 Å². The van der Waals surface area contributed by atoms with Crippen LogP contribution in [0.5, 0.6) is 5.75 Å². The summed E-state index contributed by atoms with van der Waals surface area (Å²) in [7, 11) is 0. The van der Waals surface area contributed by atoms with E-state index in [0.717, 1.165) is 36.3 Å². The Bertz CT molecular complexity index is 701. The number of hydrogen-bond donors (Lipinski definition) is 2. The summed E-state index contributed by atoms with van der Waals surface area (Å²) in [6.07, 6.45) is 1.95. The van der Waals surface area contributed by atoms with Crippen LogP contribution in [-0.4, -0.2) is 18.5 Å². The van der Waals surface area contributed by atoms with Crippen LogP contribution in [0.15, 0.2) is 48.5 Å². The second kappa shape index (κ2) is 9.55. The highest BCUT2D eigenvalue weighted by atomic mass is 35.5. The summed E-state index contributed by atoms with van der Waals surface area (Å²) in [4.78, 5) is 12.2. The number of benzene rings is 2. The number of hydrogen-bond acceptors (Lipinski definition) is 3. The van der Waals surface area contributed by atoms with E-state index in [9.17, 15) is 9.18 Å². The molecule has 2 aromatic rings. The van der Waals surface area contributed by atoms with Gasteiger partial charge in [-0.3, -0.25) is 4.79 Å². The summed E-state index contributed by atoms with van der Waals surface area (Å²) < 4.78 is 18.6. The maximum absolute atomic E-state index is 12.9.